The zero-order valence-electron chi connectivity index (χ0n) is 87.4. The van der Waals surface area contributed by atoms with Crippen LogP contribution in [-0.4, -0.2) is 344 Å². The van der Waals surface area contributed by atoms with E-state index in [-0.39, 0.29) is 32.6 Å². The molecule has 18 heteroatoms. The Bertz CT molecular complexity index is 3120. The van der Waals surface area contributed by atoms with Gasteiger partial charge in [-0.3, -0.25) is 43.6 Å². The van der Waals surface area contributed by atoms with Crippen LogP contribution in [0.1, 0.15) is 327 Å². The number of likely N-dealkylation sites (N-methyl/N-ethyl adjacent to an activating group) is 2. The number of carbonyl (C=O) groups is 5. The van der Waals surface area contributed by atoms with Crippen molar-refractivity contribution in [2.75, 3.05) is 210 Å². The van der Waals surface area contributed by atoms with Crippen LogP contribution >= 0.6 is 0 Å². The van der Waals surface area contributed by atoms with Gasteiger partial charge in [-0.25, -0.2) is 0 Å². The van der Waals surface area contributed by atoms with Crippen LogP contribution in [0.2, 0.25) is 0 Å². The van der Waals surface area contributed by atoms with Crippen LogP contribution in [0.4, 0.5) is 0 Å². The second-order valence-electron chi connectivity index (χ2n) is 49.3. The number of piperidine rings is 9. The molecule has 0 amide bonds. The van der Waals surface area contributed by atoms with Crippen molar-refractivity contribution >= 4 is 28.9 Å². The van der Waals surface area contributed by atoms with Gasteiger partial charge in [0.15, 0.2) is 0 Å². The van der Waals surface area contributed by atoms with E-state index >= 15 is 0 Å². The largest absolute Gasteiger partial charge is 0.305 e. The fourth-order valence-electron chi connectivity index (χ4n) is 25.8. The number of Topliss-reactive ketones (excluding diaryl/α,β-unsaturated/α-hetero) is 5. The van der Waals surface area contributed by atoms with Crippen LogP contribution in [0.15, 0.2) is 0 Å². The number of nitrogens with zero attached hydrogens (tertiary/aromatic N) is 13. The van der Waals surface area contributed by atoms with Crippen LogP contribution in [-0.2, 0) is 24.0 Å². The average Bonchev–Trinajstić information content (AvgIpc) is 0.734. The predicted octanol–water partition coefficient (Wildman–Crippen LogP) is 17.8. The molecule has 1 spiro atoms. The second-order valence-corrected chi connectivity index (χ2v) is 49.3. The summed E-state index contributed by atoms with van der Waals surface area (Å²) in [5.41, 5.74) is 0.369. The van der Waals surface area contributed by atoms with E-state index < -0.39 is 0 Å². The molecule has 0 aromatic rings. The van der Waals surface area contributed by atoms with Crippen molar-refractivity contribution in [3.8, 4) is 0 Å². The summed E-state index contributed by atoms with van der Waals surface area (Å²) in [5, 5.41) is 0. The van der Waals surface area contributed by atoms with E-state index in [0.29, 0.717) is 100 Å². The van der Waals surface area contributed by atoms with Gasteiger partial charge in [0.05, 0.1) is 0 Å². The van der Waals surface area contributed by atoms with Gasteiger partial charge in [-0.05, 0) is 351 Å². The first-order chi connectivity index (χ1) is 59.4. The highest BCUT2D eigenvalue weighted by molar-refractivity contribution is 5.87. The number of rotatable bonds is 37. The van der Waals surface area contributed by atoms with Crippen LogP contribution in [0, 0.1) is 85.8 Å². The molecule has 1 atom stereocenters. The summed E-state index contributed by atoms with van der Waals surface area (Å²) in [6.45, 7) is 91.5. The lowest BCUT2D eigenvalue weighted by molar-refractivity contribution is -0.145. The van der Waals surface area contributed by atoms with E-state index in [4.69, 9.17) is 0 Å². The first-order valence-corrected chi connectivity index (χ1v) is 53.5. The van der Waals surface area contributed by atoms with Gasteiger partial charge in [0, 0.05) is 231 Å². The topological polar surface area (TPSA) is 127 Å². The molecule has 15 aliphatic rings. The lowest BCUT2D eigenvalue weighted by Crippen LogP contribution is -2.72. The number of likely N-dealkylation sites (tertiary alicyclic amines) is 7. The number of hydrogen-bond donors (Lipinski definition) is 0. The second kappa shape index (κ2) is 48.5. The average molecular weight is 1760 g/mol. The van der Waals surface area contributed by atoms with Gasteiger partial charge in [0.2, 0.25) is 0 Å². The summed E-state index contributed by atoms with van der Waals surface area (Å²) in [6.07, 6.45) is 25.5. The monoisotopic (exact) mass is 1760 g/mol. The highest BCUT2D eigenvalue weighted by Crippen LogP contribution is 2.48. The minimum absolute atomic E-state index is 0.0515. The van der Waals surface area contributed by atoms with Crippen LogP contribution in [0.5, 0.6) is 0 Å². The van der Waals surface area contributed by atoms with E-state index in [1.165, 1.54) is 78.0 Å². The fourth-order valence-corrected chi connectivity index (χ4v) is 25.8. The third-order valence-electron chi connectivity index (χ3n) is 34.6. The maximum Gasteiger partial charge on any atom is 0.140 e. The molecule has 0 aromatic heterocycles. The third kappa shape index (κ3) is 30.2. The smallest absolute Gasteiger partial charge is 0.140 e. The van der Waals surface area contributed by atoms with Gasteiger partial charge in [0.1, 0.15) is 28.9 Å². The molecule has 126 heavy (non-hydrogen) atoms. The molecule has 730 valence electrons. The summed E-state index contributed by atoms with van der Waals surface area (Å²) >= 11 is 0. The van der Waals surface area contributed by atoms with Crippen molar-refractivity contribution in [1.82, 2.24) is 63.7 Å². The minimum Gasteiger partial charge on any atom is -0.305 e. The van der Waals surface area contributed by atoms with E-state index in [1.807, 2.05) is 0 Å². The molecule has 13 heterocycles. The SMILES string of the molecule is CC(C)CCC(=O)C1(CN2CC3(CN(C)C3)C2)CCN(C(C)C)CC1.CC(C)CCC(=O)C1(CN2CC3CC(C3)C2)CCN(C(C)C)CC1.CC(C)CCC(=O)C1(CN2CC3CC(C3)C2)CCN(C(C)C)CC1.CCN1CCN(CC2(C(=O)CCC(C)C)CCN(C(C)C)CC2)CC1(C)C.CCN1CCN(CC2(C(=O)CCC(C)C)CCN(C(C)C)CC2)CC1C. The summed E-state index contributed by atoms with van der Waals surface area (Å²) in [5.74, 6) is 9.59. The number of ketones is 5. The van der Waals surface area contributed by atoms with Gasteiger partial charge in [0.25, 0.3) is 0 Å². The van der Waals surface area contributed by atoms with Gasteiger partial charge in [-0.15, -0.1) is 0 Å². The van der Waals surface area contributed by atoms with Crippen molar-refractivity contribution in [2.24, 2.45) is 85.8 Å². The molecule has 13 saturated heterocycles. The van der Waals surface area contributed by atoms with Gasteiger partial charge in [-0.2, -0.15) is 0 Å². The molecule has 2 saturated carbocycles. The summed E-state index contributed by atoms with van der Waals surface area (Å²) in [7, 11) is 2.21. The Morgan fingerprint density at radius 1 is 0.294 bits per heavy atom. The molecule has 18 nitrogen and oxygen atoms in total. The standard InChI is InChI=1S/C23H45N3O.C22H43N3O.C21H39N3O.2C21H38N2O/c1-8-26-16-15-24(17-22(26,6)7)18-23(21(27)10-9-19(2)3)11-13-25(14-12-23)20(4)5;1-7-24-15-14-23(16-20(24)6)17-22(21(26)9-8-18(2)3)10-12-25(13-11-22)19(4)5;1-17(2)6-7-19(25)21(8-10-24(11-9-21)18(3)4)16-23-14-20(15-23)12-22(5)13-20;2*1-16(2)5-6-20(24)21(7-9-23(10-8-21)17(3)4)15-22-13-18-11-19(12-18)14-22/h19-20H,8-18H2,1-7H3;18-20H,7-17H2,1-6H3;17-18H,6-16H2,1-5H3;2*16-19H,5-15H2,1-4H3. The Labute approximate surface area is 776 Å². The predicted molar refractivity (Wildman–Crippen MR) is 530 cm³/mol. The van der Waals surface area contributed by atoms with Crippen molar-refractivity contribution in [1.29, 1.82) is 0 Å². The maximum atomic E-state index is 13.4. The molecule has 1 unspecified atom stereocenters. The van der Waals surface area contributed by atoms with Crippen molar-refractivity contribution in [3.05, 3.63) is 0 Å². The van der Waals surface area contributed by atoms with Crippen molar-refractivity contribution in [3.63, 3.8) is 0 Å². The molecule has 0 aromatic carbocycles. The molecule has 15 fully saturated rings. The van der Waals surface area contributed by atoms with E-state index in [0.717, 1.165) is 303 Å². The van der Waals surface area contributed by atoms with Crippen molar-refractivity contribution < 1.29 is 24.0 Å². The molecule has 0 N–H and O–H groups in total. The Morgan fingerprint density at radius 3 is 0.778 bits per heavy atom. The molecule has 0 radical (unpaired) electrons. The Balaban J connectivity index is 0.000000178. The van der Waals surface area contributed by atoms with E-state index in [9.17, 15) is 24.0 Å². The number of carbonyl (C=O) groups excluding carboxylic acids is 5. The normalized spacial score (nSPS) is 27.6. The molecule has 2 aliphatic carbocycles. The van der Waals surface area contributed by atoms with Crippen LogP contribution in [0.3, 0.4) is 0 Å². The summed E-state index contributed by atoms with van der Waals surface area (Å²) in [6, 6.07) is 3.59. The molecule has 15 rings (SSSR count). The van der Waals surface area contributed by atoms with Crippen LogP contribution in [0.25, 0.3) is 0 Å². The highest BCUT2D eigenvalue weighted by Gasteiger charge is 2.55. The van der Waals surface area contributed by atoms with E-state index in [1.54, 1.807) is 0 Å². The Kier molecular flexibility index (Phi) is 41.4. The fraction of sp³-hybridized carbons (Fsp3) is 0.954. The molecular weight excluding hydrogens is 1560 g/mol. The first-order valence-electron chi connectivity index (χ1n) is 53.5. The quantitative estimate of drug-likeness (QED) is 0.0585. The lowest BCUT2D eigenvalue weighted by Gasteiger charge is -2.61. The zero-order chi connectivity index (χ0) is 92.4. The maximum absolute atomic E-state index is 13.4. The third-order valence-corrected chi connectivity index (χ3v) is 34.6. The number of hydrogen-bond acceptors (Lipinski definition) is 18. The summed E-state index contributed by atoms with van der Waals surface area (Å²) in [4.78, 5) is 99.8. The summed E-state index contributed by atoms with van der Waals surface area (Å²) < 4.78 is 0. The first kappa shape index (κ1) is 107. The lowest BCUT2D eigenvalue weighted by atomic mass is 9.68. The van der Waals surface area contributed by atoms with E-state index in [2.05, 4.69) is 244 Å². The molecule has 13 aliphatic heterocycles. The zero-order valence-corrected chi connectivity index (χ0v) is 87.4. The van der Waals surface area contributed by atoms with Crippen LogP contribution < -0.4 is 0 Å². The molecular formula is C108H203N13O5. The number of fused-ring (bicyclic) bond motifs is 4. The van der Waals surface area contributed by atoms with Gasteiger partial charge >= 0.3 is 0 Å². The Hall–Kier alpha value is -2.17. The minimum atomic E-state index is -0.120. The van der Waals surface area contributed by atoms with Gasteiger partial charge < -0.3 is 44.1 Å². The highest BCUT2D eigenvalue weighted by atomic mass is 16.1. The number of piperazine rings is 2. The Morgan fingerprint density at radius 2 is 0.548 bits per heavy atom. The van der Waals surface area contributed by atoms with Crippen molar-refractivity contribution in [2.45, 2.75) is 369 Å². The van der Waals surface area contributed by atoms with Gasteiger partial charge in [-0.1, -0.05) is 83.1 Å². The molecule has 4 bridgehead atoms.